The molecule has 1 aromatic rings. The van der Waals surface area contributed by atoms with E-state index in [1.54, 1.807) is 19.1 Å². The van der Waals surface area contributed by atoms with E-state index in [2.05, 4.69) is 12.2 Å². The molecule has 0 spiro atoms. The van der Waals surface area contributed by atoms with Crippen molar-refractivity contribution in [2.75, 3.05) is 6.54 Å². The first-order chi connectivity index (χ1) is 7.67. The smallest absolute Gasteiger partial charge is 0.220 e. The molecule has 0 saturated heterocycles. The molecule has 0 aliphatic heterocycles. The summed E-state index contributed by atoms with van der Waals surface area (Å²) in [6.07, 6.45) is 1.36. The van der Waals surface area contributed by atoms with Gasteiger partial charge in [-0.2, -0.15) is 0 Å². The van der Waals surface area contributed by atoms with Gasteiger partial charge in [-0.05, 0) is 12.0 Å². The molecular formula is C13H17NO2. The van der Waals surface area contributed by atoms with Gasteiger partial charge in [0.15, 0.2) is 5.78 Å². The van der Waals surface area contributed by atoms with Crippen LogP contribution in [-0.2, 0) is 11.2 Å². The highest BCUT2D eigenvalue weighted by molar-refractivity contribution is 5.99. The van der Waals surface area contributed by atoms with E-state index in [9.17, 15) is 9.59 Å². The largest absolute Gasteiger partial charge is 0.349 e. The van der Waals surface area contributed by atoms with Gasteiger partial charge < -0.3 is 5.32 Å². The summed E-state index contributed by atoms with van der Waals surface area (Å²) >= 11 is 0. The summed E-state index contributed by atoms with van der Waals surface area (Å²) in [5.41, 5.74) is 1.85. The average molecular weight is 219 g/mol. The number of ketones is 1. The van der Waals surface area contributed by atoms with Crippen molar-refractivity contribution in [3.63, 3.8) is 0 Å². The fourth-order valence-corrected chi connectivity index (χ4v) is 1.33. The summed E-state index contributed by atoms with van der Waals surface area (Å²) in [5, 5.41) is 2.57. The van der Waals surface area contributed by atoms with E-state index < -0.39 is 0 Å². The van der Waals surface area contributed by atoms with Gasteiger partial charge in [0.1, 0.15) is 0 Å². The summed E-state index contributed by atoms with van der Waals surface area (Å²) in [6.45, 7) is 3.91. The zero-order valence-electron chi connectivity index (χ0n) is 9.75. The molecule has 0 aromatic heterocycles. The predicted molar refractivity (Wildman–Crippen MR) is 63.5 cm³/mol. The third-order valence-corrected chi connectivity index (χ3v) is 2.45. The molecule has 1 rings (SSSR count). The second kappa shape index (κ2) is 6.05. The van der Waals surface area contributed by atoms with E-state index in [1.165, 1.54) is 5.56 Å². The van der Waals surface area contributed by atoms with Crippen molar-refractivity contribution in [1.82, 2.24) is 5.32 Å². The zero-order chi connectivity index (χ0) is 12.0. The Morgan fingerprint density at radius 3 is 2.25 bits per heavy atom. The van der Waals surface area contributed by atoms with Gasteiger partial charge in [-0.15, -0.1) is 0 Å². The molecule has 1 N–H and O–H groups in total. The van der Waals surface area contributed by atoms with Gasteiger partial charge >= 0.3 is 0 Å². The highest BCUT2D eigenvalue weighted by Gasteiger charge is 2.06. The lowest BCUT2D eigenvalue weighted by Crippen LogP contribution is -2.28. The lowest BCUT2D eigenvalue weighted by Gasteiger charge is -2.03. The maximum atomic E-state index is 11.6. The minimum absolute atomic E-state index is 0.0514. The van der Waals surface area contributed by atoms with Gasteiger partial charge in [0, 0.05) is 12.0 Å². The number of carbonyl (C=O) groups is 2. The minimum atomic E-state index is -0.0986. The van der Waals surface area contributed by atoms with E-state index >= 15 is 0 Å². The molecule has 0 saturated carbocycles. The molecule has 16 heavy (non-hydrogen) atoms. The van der Waals surface area contributed by atoms with Crippen molar-refractivity contribution in [1.29, 1.82) is 0 Å². The molecule has 3 heteroatoms. The van der Waals surface area contributed by atoms with Crippen LogP contribution in [0.4, 0.5) is 0 Å². The first-order valence-electron chi connectivity index (χ1n) is 5.56. The Morgan fingerprint density at radius 1 is 1.12 bits per heavy atom. The number of hydrogen-bond donors (Lipinski definition) is 1. The lowest BCUT2D eigenvalue weighted by molar-refractivity contribution is -0.120. The van der Waals surface area contributed by atoms with Crippen LogP contribution in [0.2, 0.25) is 0 Å². The van der Waals surface area contributed by atoms with Crippen LogP contribution in [0.1, 0.15) is 36.2 Å². The maximum absolute atomic E-state index is 11.6. The second-order valence-electron chi connectivity index (χ2n) is 3.60. The van der Waals surface area contributed by atoms with Crippen LogP contribution >= 0.6 is 0 Å². The summed E-state index contributed by atoms with van der Waals surface area (Å²) < 4.78 is 0. The molecule has 0 unspecified atom stereocenters. The van der Waals surface area contributed by atoms with Crippen LogP contribution in [-0.4, -0.2) is 18.2 Å². The lowest BCUT2D eigenvalue weighted by atomic mass is 10.1. The number of nitrogens with one attached hydrogen (secondary N) is 1. The van der Waals surface area contributed by atoms with Gasteiger partial charge in [0.2, 0.25) is 5.91 Å². The Bertz CT molecular complexity index is 368. The van der Waals surface area contributed by atoms with Crippen molar-refractivity contribution in [2.24, 2.45) is 0 Å². The van der Waals surface area contributed by atoms with E-state index in [0.717, 1.165) is 6.42 Å². The van der Waals surface area contributed by atoms with Gasteiger partial charge in [0.05, 0.1) is 6.54 Å². The van der Waals surface area contributed by atoms with Crippen molar-refractivity contribution < 1.29 is 9.59 Å². The number of amides is 1. The molecule has 0 heterocycles. The molecule has 1 aromatic carbocycles. The topological polar surface area (TPSA) is 46.2 Å². The first kappa shape index (κ1) is 12.4. The molecule has 86 valence electrons. The number of rotatable bonds is 5. The summed E-state index contributed by atoms with van der Waals surface area (Å²) in [5.74, 6) is -0.150. The SMILES string of the molecule is CCC(=O)NCC(=O)c1ccc(CC)cc1. The normalized spacial score (nSPS) is 9.88. The standard InChI is InChI=1S/C13H17NO2/c1-3-10-5-7-11(8-6-10)12(15)9-14-13(16)4-2/h5-8H,3-4,9H2,1-2H3,(H,14,16). The van der Waals surface area contributed by atoms with Gasteiger partial charge in [0.25, 0.3) is 0 Å². The fraction of sp³-hybridized carbons (Fsp3) is 0.385. The van der Waals surface area contributed by atoms with Crippen LogP contribution in [0.25, 0.3) is 0 Å². The predicted octanol–water partition coefficient (Wildman–Crippen LogP) is 1.96. The van der Waals surface area contributed by atoms with Crippen molar-refractivity contribution in [3.05, 3.63) is 35.4 Å². The summed E-state index contributed by atoms with van der Waals surface area (Å²) in [6, 6.07) is 7.49. The Morgan fingerprint density at radius 2 is 1.75 bits per heavy atom. The van der Waals surface area contributed by atoms with Crippen molar-refractivity contribution >= 4 is 11.7 Å². The average Bonchev–Trinajstić information content (AvgIpc) is 2.35. The monoisotopic (exact) mass is 219 g/mol. The Labute approximate surface area is 95.9 Å². The number of aryl methyl sites for hydroxylation is 1. The Balaban J connectivity index is 2.56. The third kappa shape index (κ3) is 3.50. The van der Waals surface area contributed by atoms with Gasteiger partial charge in [-0.1, -0.05) is 38.1 Å². The van der Waals surface area contributed by atoms with Crippen molar-refractivity contribution in [2.45, 2.75) is 26.7 Å². The van der Waals surface area contributed by atoms with Crippen LogP contribution in [0.15, 0.2) is 24.3 Å². The van der Waals surface area contributed by atoms with E-state index in [-0.39, 0.29) is 18.2 Å². The molecule has 1 amide bonds. The van der Waals surface area contributed by atoms with Gasteiger partial charge in [-0.3, -0.25) is 9.59 Å². The number of hydrogen-bond acceptors (Lipinski definition) is 2. The van der Waals surface area contributed by atoms with E-state index in [1.807, 2.05) is 12.1 Å². The molecule has 0 aliphatic carbocycles. The molecular weight excluding hydrogens is 202 g/mol. The molecule has 0 bridgehead atoms. The zero-order valence-corrected chi connectivity index (χ0v) is 9.75. The quantitative estimate of drug-likeness (QED) is 0.769. The van der Waals surface area contributed by atoms with E-state index in [0.29, 0.717) is 12.0 Å². The van der Waals surface area contributed by atoms with Crippen LogP contribution in [0.3, 0.4) is 0 Å². The summed E-state index contributed by atoms with van der Waals surface area (Å²) in [7, 11) is 0. The Hall–Kier alpha value is -1.64. The van der Waals surface area contributed by atoms with Crippen LogP contribution < -0.4 is 5.32 Å². The maximum Gasteiger partial charge on any atom is 0.220 e. The second-order valence-corrected chi connectivity index (χ2v) is 3.60. The molecule has 0 radical (unpaired) electrons. The Kier molecular flexibility index (Phi) is 4.70. The molecule has 0 fully saturated rings. The first-order valence-corrected chi connectivity index (χ1v) is 5.56. The molecule has 0 atom stereocenters. The highest BCUT2D eigenvalue weighted by atomic mass is 16.2. The van der Waals surface area contributed by atoms with Gasteiger partial charge in [-0.25, -0.2) is 0 Å². The number of Topliss-reactive ketones (excluding diaryl/α,β-unsaturated/α-hetero) is 1. The van der Waals surface area contributed by atoms with Crippen molar-refractivity contribution in [3.8, 4) is 0 Å². The molecule has 0 aliphatic rings. The van der Waals surface area contributed by atoms with Crippen LogP contribution in [0, 0.1) is 0 Å². The number of carbonyl (C=O) groups excluding carboxylic acids is 2. The van der Waals surface area contributed by atoms with Crippen LogP contribution in [0.5, 0.6) is 0 Å². The third-order valence-electron chi connectivity index (χ3n) is 2.45. The highest BCUT2D eigenvalue weighted by Crippen LogP contribution is 2.05. The number of benzene rings is 1. The fourth-order valence-electron chi connectivity index (χ4n) is 1.33. The van der Waals surface area contributed by atoms with E-state index in [4.69, 9.17) is 0 Å². The minimum Gasteiger partial charge on any atom is -0.349 e. The summed E-state index contributed by atoms with van der Waals surface area (Å²) in [4.78, 5) is 22.6. The molecule has 3 nitrogen and oxygen atoms in total.